The van der Waals surface area contributed by atoms with Crippen LogP contribution in [0.4, 0.5) is 11.4 Å². The highest BCUT2D eigenvalue weighted by molar-refractivity contribution is 6.07. The molecule has 0 atom stereocenters. The first-order valence-electron chi connectivity index (χ1n) is 9.00. The highest BCUT2D eigenvalue weighted by Gasteiger charge is 2.25. The van der Waals surface area contributed by atoms with E-state index < -0.39 is 10.8 Å². The quantitative estimate of drug-likeness (QED) is 0.437. The van der Waals surface area contributed by atoms with Crippen LogP contribution in [0.3, 0.4) is 0 Å². The van der Waals surface area contributed by atoms with Gasteiger partial charge in [-0.3, -0.25) is 14.9 Å². The minimum Gasteiger partial charge on any atom is -0.497 e. The average molecular weight is 408 g/mol. The molecule has 0 aliphatic carbocycles. The molecule has 3 rings (SSSR count). The van der Waals surface area contributed by atoms with Gasteiger partial charge in [-0.2, -0.15) is 0 Å². The van der Waals surface area contributed by atoms with E-state index in [-0.39, 0.29) is 29.4 Å². The molecule has 0 radical (unpaired) electrons. The second-order valence-corrected chi connectivity index (χ2v) is 6.23. The van der Waals surface area contributed by atoms with E-state index in [1.165, 1.54) is 26.4 Å². The molecule has 0 spiro atoms. The number of nitro benzene ring substituents is 1. The molecule has 0 aliphatic heterocycles. The number of rotatable bonds is 8. The fraction of sp³-hybridized carbons (Fsp3) is 0.136. The summed E-state index contributed by atoms with van der Waals surface area (Å²) in [6.45, 7) is 0.200. The zero-order valence-corrected chi connectivity index (χ0v) is 16.5. The summed E-state index contributed by atoms with van der Waals surface area (Å²) in [6.07, 6.45) is 0. The summed E-state index contributed by atoms with van der Waals surface area (Å²) in [6, 6.07) is 18.5. The molecule has 3 aromatic carbocycles. The molecular weight excluding hydrogens is 388 g/mol. The Morgan fingerprint density at radius 3 is 2.27 bits per heavy atom. The number of hydrogen-bond donors (Lipinski definition) is 1. The number of benzene rings is 3. The summed E-state index contributed by atoms with van der Waals surface area (Å²) >= 11 is 0. The van der Waals surface area contributed by atoms with Crippen molar-refractivity contribution in [2.45, 2.75) is 6.61 Å². The molecule has 30 heavy (non-hydrogen) atoms. The van der Waals surface area contributed by atoms with Gasteiger partial charge in [0.15, 0.2) is 11.5 Å². The van der Waals surface area contributed by atoms with Gasteiger partial charge < -0.3 is 19.5 Å². The molecular formula is C22H20N2O6. The first-order valence-corrected chi connectivity index (χ1v) is 9.00. The number of ether oxygens (including phenoxy) is 3. The van der Waals surface area contributed by atoms with E-state index in [0.29, 0.717) is 11.4 Å². The van der Waals surface area contributed by atoms with Crippen LogP contribution < -0.4 is 19.5 Å². The predicted octanol–water partition coefficient (Wildman–Crippen LogP) is 4.44. The highest BCUT2D eigenvalue weighted by Crippen LogP contribution is 2.35. The van der Waals surface area contributed by atoms with E-state index in [9.17, 15) is 14.9 Å². The number of amides is 1. The van der Waals surface area contributed by atoms with Gasteiger partial charge in [-0.05, 0) is 29.8 Å². The molecule has 8 heteroatoms. The first kappa shape index (κ1) is 20.7. The second-order valence-electron chi connectivity index (χ2n) is 6.23. The minimum atomic E-state index is -0.639. The molecule has 1 amide bonds. The minimum absolute atomic E-state index is 0.139. The van der Waals surface area contributed by atoms with Gasteiger partial charge in [-0.25, -0.2) is 0 Å². The Hall–Kier alpha value is -4.07. The van der Waals surface area contributed by atoms with Crippen LogP contribution in [0.15, 0.2) is 66.7 Å². The molecule has 0 saturated heterocycles. The molecule has 0 heterocycles. The van der Waals surface area contributed by atoms with Crippen LogP contribution >= 0.6 is 0 Å². The van der Waals surface area contributed by atoms with Crippen molar-refractivity contribution in [3.05, 3.63) is 88.0 Å². The predicted molar refractivity (Wildman–Crippen MR) is 111 cm³/mol. The van der Waals surface area contributed by atoms with Gasteiger partial charge in [-0.1, -0.05) is 30.3 Å². The van der Waals surface area contributed by atoms with Gasteiger partial charge in [0.2, 0.25) is 0 Å². The Kier molecular flexibility index (Phi) is 6.49. The van der Waals surface area contributed by atoms with Crippen molar-refractivity contribution in [2.75, 3.05) is 19.5 Å². The summed E-state index contributed by atoms with van der Waals surface area (Å²) in [5.41, 5.74) is 0.839. The number of methoxy groups -OCH3 is 2. The topological polar surface area (TPSA) is 99.9 Å². The second kappa shape index (κ2) is 9.42. The lowest BCUT2D eigenvalue weighted by Crippen LogP contribution is -2.14. The Morgan fingerprint density at radius 1 is 0.967 bits per heavy atom. The third-order valence-corrected chi connectivity index (χ3v) is 4.31. The Morgan fingerprint density at radius 2 is 1.67 bits per heavy atom. The van der Waals surface area contributed by atoms with Crippen LogP contribution in [0, 0.1) is 10.1 Å². The Balaban J connectivity index is 1.87. The summed E-state index contributed by atoms with van der Waals surface area (Å²) in [5, 5.41) is 14.2. The van der Waals surface area contributed by atoms with Crippen molar-refractivity contribution in [3.63, 3.8) is 0 Å². The Bertz CT molecular complexity index is 1040. The third-order valence-electron chi connectivity index (χ3n) is 4.31. The van der Waals surface area contributed by atoms with E-state index >= 15 is 0 Å². The highest BCUT2D eigenvalue weighted by atomic mass is 16.6. The average Bonchev–Trinajstić information content (AvgIpc) is 2.78. The number of nitrogens with one attached hydrogen (secondary N) is 1. The van der Waals surface area contributed by atoms with E-state index in [0.717, 1.165) is 5.56 Å². The van der Waals surface area contributed by atoms with Crippen LogP contribution in [0.5, 0.6) is 17.2 Å². The lowest BCUT2D eigenvalue weighted by atomic mass is 10.1. The van der Waals surface area contributed by atoms with Crippen molar-refractivity contribution in [1.82, 2.24) is 0 Å². The zero-order valence-electron chi connectivity index (χ0n) is 16.5. The fourth-order valence-corrected chi connectivity index (χ4v) is 2.76. The largest absolute Gasteiger partial charge is 0.497 e. The number of nitro groups is 1. The van der Waals surface area contributed by atoms with Gasteiger partial charge in [0.05, 0.1) is 25.2 Å². The van der Waals surface area contributed by atoms with Crippen LogP contribution in [0.25, 0.3) is 0 Å². The van der Waals surface area contributed by atoms with E-state index in [2.05, 4.69) is 5.32 Å². The monoisotopic (exact) mass is 408 g/mol. The van der Waals surface area contributed by atoms with Gasteiger partial charge >= 0.3 is 0 Å². The van der Waals surface area contributed by atoms with Gasteiger partial charge in [0, 0.05) is 11.8 Å². The maximum Gasteiger partial charge on any atom is 0.286 e. The van der Waals surface area contributed by atoms with Crippen molar-refractivity contribution in [2.24, 2.45) is 0 Å². The van der Waals surface area contributed by atoms with E-state index in [1.54, 1.807) is 24.3 Å². The molecule has 1 N–H and O–H groups in total. The maximum absolute atomic E-state index is 12.7. The number of carbonyl (C=O) groups excluding carboxylic acids is 1. The SMILES string of the molecule is COc1ccc(NC(=O)c2cc(OC)c(OCc3ccccc3)cc2[N+](=O)[O-])cc1. The lowest BCUT2D eigenvalue weighted by molar-refractivity contribution is -0.385. The fourth-order valence-electron chi connectivity index (χ4n) is 2.76. The molecule has 0 saturated carbocycles. The zero-order chi connectivity index (χ0) is 21.5. The summed E-state index contributed by atoms with van der Waals surface area (Å²) in [5.74, 6) is 0.380. The van der Waals surface area contributed by atoms with Crippen LogP contribution in [0.2, 0.25) is 0 Å². The summed E-state index contributed by atoms with van der Waals surface area (Å²) in [7, 11) is 2.94. The molecule has 0 aliphatic rings. The van der Waals surface area contributed by atoms with Crippen molar-refractivity contribution in [3.8, 4) is 17.2 Å². The standard InChI is InChI=1S/C22H20N2O6/c1-28-17-10-8-16(9-11-17)23-22(25)18-12-20(29-2)21(13-19(18)24(26)27)30-14-15-6-4-3-5-7-15/h3-13H,14H2,1-2H3,(H,23,25). The molecule has 0 bridgehead atoms. The molecule has 0 fully saturated rings. The lowest BCUT2D eigenvalue weighted by Gasteiger charge is -2.13. The van der Waals surface area contributed by atoms with E-state index in [4.69, 9.17) is 14.2 Å². The molecule has 0 aromatic heterocycles. The summed E-state index contributed by atoms with van der Waals surface area (Å²) in [4.78, 5) is 23.7. The smallest absolute Gasteiger partial charge is 0.286 e. The molecule has 0 unspecified atom stereocenters. The van der Waals surface area contributed by atoms with Crippen molar-refractivity contribution < 1.29 is 23.9 Å². The number of carbonyl (C=O) groups is 1. The van der Waals surface area contributed by atoms with Gasteiger partial charge in [0.25, 0.3) is 11.6 Å². The number of nitrogens with zero attached hydrogens (tertiary/aromatic N) is 1. The van der Waals surface area contributed by atoms with Crippen LogP contribution in [0.1, 0.15) is 15.9 Å². The van der Waals surface area contributed by atoms with Crippen LogP contribution in [-0.2, 0) is 6.61 Å². The normalized spacial score (nSPS) is 10.2. The van der Waals surface area contributed by atoms with Gasteiger partial charge in [0.1, 0.15) is 17.9 Å². The molecule has 8 nitrogen and oxygen atoms in total. The van der Waals surface area contributed by atoms with Crippen molar-refractivity contribution >= 4 is 17.3 Å². The molecule has 3 aromatic rings. The third kappa shape index (κ3) is 4.85. The first-order chi connectivity index (χ1) is 14.5. The Labute approximate surface area is 173 Å². The number of hydrogen-bond acceptors (Lipinski definition) is 6. The maximum atomic E-state index is 12.7. The van der Waals surface area contributed by atoms with Crippen molar-refractivity contribution in [1.29, 1.82) is 0 Å². The van der Waals surface area contributed by atoms with Crippen LogP contribution in [-0.4, -0.2) is 25.1 Å². The number of anilines is 1. The summed E-state index contributed by atoms with van der Waals surface area (Å²) < 4.78 is 16.1. The molecule has 154 valence electrons. The van der Waals surface area contributed by atoms with Gasteiger partial charge in [-0.15, -0.1) is 0 Å². The van der Waals surface area contributed by atoms with E-state index in [1.807, 2.05) is 30.3 Å².